The van der Waals surface area contributed by atoms with E-state index in [1.165, 1.54) is 6.20 Å². The summed E-state index contributed by atoms with van der Waals surface area (Å²) in [6.07, 6.45) is 4.74. The molecule has 0 saturated carbocycles. The maximum Gasteiger partial charge on any atom is 0.339 e. The minimum atomic E-state index is -1.20. The molecule has 3 aromatic heterocycles. The van der Waals surface area contributed by atoms with Crippen LogP contribution in [0.3, 0.4) is 0 Å². The molecular weight excluding hydrogens is 422 g/mol. The molecule has 4 aromatic rings. The number of hydrogen-bond acceptors (Lipinski definition) is 5. The third-order valence-electron chi connectivity index (χ3n) is 4.77. The van der Waals surface area contributed by atoms with Crippen LogP contribution in [0.5, 0.6) is 0 Å². The van der Waals surface area contributed by atoms with Gasteiger partial charge in [-0.25, -0.2) is 19.7 Å². The summed E-state index contributed by atoms with van der Waals surface area (Å²) in [6.45, 7) is 7.71. The monoisotopic (exact) mass is 443 g/mol. The Bertz CT molecular complexity index is 1240. The van der Waals surface area contributed by atoms with Crippen molar-refractivity contribution in [2.75, 3.05) is 6.61 Å². The number of rotatable bonds is 7. The van der Waals surface area contributed by atoms with Crippen LogP contribution in [0.2, 0.25) is 30.7 Å². The highest BCUT2D eigenvalue weighted by atomic mass is 35.5. The normalized spacial score (nSPS) is 12.1. The summed E-state index contributed by atoms with van der Waals surface area (Å²) in [5.41, 5.74) is 2.39. The summed E-state index contributed by atoms with van der Waals surface area (Å²) in [7, 11) is -1.20. The summed E-state index contributed by atoms with van der Waals surface area (Å²) in [6, 6.07) is 6.40. The van der Waals surface area contributed by atoms with Gasteiger partial charge in [0.2, 0.25) is 0 Å². The summed E-state index contributed by atoms with van der Waals surface area (Å²) >= 11 is 6.03. The zero-order valence-corrected chi connectivity index (χ0v) is 18.7. The largest absolute Gasteiger partial charge is 0.478 e. The Morgan fingerprint density at radius 1 is 1.27 bits per heavy atom. The topological polar surface area (TPSA) is 95.1 Å². The number of carboxylic acid groups (broad SMARTS) is 1. The van der Waals surface area contributed by atoms with Gasteiger partial charge in [-0.05, 0) is 24.2 Å². The predicted octanol–water partition coefficient (Wildman–Crippen LogP) is 4.43. The Balaban J connectivity index is 1.69. The van der Waals surface area contributed by atoms with Crippen LogP contribution in [-0.4, -0.2) is 49.8 Å². The van der Waals surface area contributed by atoms with E-state index in [0.29, 0.717) is 28.6 Å². The number of aromatic carboxylic acids is 1. The first kappa shape index (κ1) is 20.5. The van der Waals surface area contributed by atoms with Crippen molar-refractivity contribution in [3.8, 4) is 5.82 Å². The average Bonchev–Trinajstić information content (AvgIpc) is 3.25. The fraction of sp³-hybridized carbons (Fsp3) is 0.300. The Morgan fingerprint density at radius 2 is 2.07 bits per heavy atom. The lowest BCUT2D eigenvalue weighted by molar-refractivity contribution is 0.0696. The first-order valence-corrected chi connectivity index (χ1v) is 13.6. The number of imidazole rings is 1. The summed E-state index contributed by atoms with van der Waals surface area (Å²) < 4.78 is 9.22. The molecule has 0 radical (unpaired) electrons. The van der Waals surface area contributed by atoms with Crippen molar-refractivity contribution < 1.29 is 14.6 Å². The molecule has 8 nitrogen and oxygen atoms in total. The van der Waals surface area contributed by atoms with E-state index < -0.39 is 14.0 Å². The molecule has 0 aliphatic rings. The van der Waals surface area contributed by atoms with E-state index in [9.17, 15) is 9.90 Å². The molecule has 3 heterocycles. The van der Waals surface area contributed by atoms with Crippen molar-refractivity contribution in [1.82, 2.24) is 24.1 Å². The van der Waals surface area contributed by atoms with E-state index >= 15 is 0 Å². The van der Waals surface area contributed by atoms with Crippen LogP contribution in [0.1, 0.15) is 10.4 Å². The van der Waals surface area contributed by atoms with Gasteiger partial charge < -0.3 is 14.4 Å². The van der Waals surface area contributed by atoms with E-state index in [2.05, 4.69) is 34.6 Å². The maximum absolute atomic E-state index is 11.8. The fourth-order valence-corrected chi connectivity index (χ4v) is 4.05. The third-order valence-corrected chi connectivity index (χ3v) is 6.71. The zero-order chi connectivity index (χ0) is 21.5. The second-order valence-electron chi connectivity index (χ2n) is 8.31. The maximum atomic E-state index is 11.8. The van der Waals surface area contributed by atoms with Gasteiger partial charge in [-0.1, -0.05) is 31.2 Å². The van der Waals surface area contributed by atoms with Gasteiger partial charge in [-0.3, -0.25) is 4.57 Å². The van der Waals surface area contributed by atoms with Crippen LogP contribution >= 0.6 is 11.6 Å². The number of benzene rings is 1. The van der Waals surface area contributed by atoms with Crippen molar-refractivity contribution in [3.05, 3.63) is 47.5 Å². The van der Waals surface area contributed by atoms with E-state index in [1.807, 2.05) is 6.07 Å². The molecule has 10 heteroatoms. The molecule has 156 valence electrons. The minimum absolute atomic E-state index is 0.0839. The average molecular weight is 444 g/mol. The Labute approximate surface area is 179 Å². The van der Waals surface area contributed by atoms with Gasteiger partial charge in [0.1, 0.15) is 24.1 Å². The Kier molecular flexibility index (Phi) is 5.35. The number of hydrogen-bond donors (Lipinski definition) is 1. The number of halogens is 1. The molecule has 0 amide bonds. The van der Waals surface area contributed by atoms with Crippen LogP contribution < -0.4 is 0 Å². The SMILES string of the molecule is C[Si](C)(C)CCOCn1cc(C(=O)O)c2nc(-n3cnc4cc(Cl)ccc43)cnc21. The number of fused-ring (bicyclic) bond motifs is 2. The summed E-state index contributed by atoms with van der Waals surface area (Å²) in [5.74, 6) is -0.582. The van der Waals surface area contributed by atoms with Crippen LogP contribution in [0.4, 0.5) is 0 Å². The molecule has 4 rings (SSSR count). The minimum Gasteiger partial charge on any atom is -0.478 e. The van der Waals surface area contributed by atoms with Crippen molar-refractivity contribution in [1.29, 1.82) is 0 Å². The first-order valence-electron chi connectivity index (χ1n) is 9.53. The number of ether oxygens (including phenoxy) is 1. The molecule has 1 aromatic carbocycles. The third kappa shape index (κ3) is 4.09. The smallest absolute Gasteiger partial charge is 0.339 e. The number of nitrogens with zero attached hydrogens (tertiary/aromatic N) is 5. The second-order valence-corrected chi connectivity index (χ2v) is 14.4. The quantitative estimate of drug-likeness (QED) is 0.335. The van der Waals surface area contributed by atoms with E-state index in [1.54, 1.807) is 33.8 Å². The van der Waals surface area contributed by atoms with Gasteiger partial charge in [0.15, 0.2) is 11.5 Å². The van der Waals surface area contributed by atoms with Gasteiger partial charge in [0.25, 0.3) is 0 Å². The molecule has 0 atom stereocenters. The molecule has 0 saturated heterocycles. The van der Waals surface area contributed by atoms with E-state index in [4.69, 9.17) is 16.3 Å². The molecular formula is C20H22ClN5O3Si. The molecule has 30 heavy (non-hydrogen) atoms. The van der Waals surface area contributed by atoms with Gasteiger partial charge >= 0.3 is 5.97 Å². The van der Waals surface area contributed by atoms with Crippen molar-refractivity contribution in [2.24, 2.45) is 0 Å². The van der Waals surface area contributed by atoms with E-state index in [-0.39, 0.29) is 12.3 Å². The number of carboxylic acids is 1. The predicted molar refractivity (Wildman–Crippen MR) is 118 cm³/mol. The van der Waals surface area contributed by atoms with Crippen LogP contribution in [0, 0.1) is 0 Å². The van der Waals surface area contributed by atoms with Crippen LogP contribution in [0.15, 0.2) is 36.9 Å². The van der Waals surface area contributed by atoms with Gasteiger partial charge in [-0.2, -0.15) is 0 Å². The molecule has 0 spiro atoms. The summed E-state index contributed by atoms with van der Waals surface area (Å²) in [4.78, 5) is 25.2. The molecule has 0 aliphatic carbocycles. The van der Waals surface area contributed by atoms with Gasteiger partial charge in [0, 0.05) is 25.9 Å². The molecule has 0 unspecified atom stereocenters. The number of aromatic nitrogens is 5. The Morgan fingerprint density at radius 3 is 2.80 bits per heavy atom. The van der Waals surface area contributed by atoms with Crippen molar-refractivity contribution >= 4 is 47.8 Å². The van der Waals surface area contributed by atoms with Crippen LogP contribution in [-0.2, 0) is 11.5 Å². The lowest BCUT2D eigenvalue weighted by Crippen LogP contribution is -2.22. The lowest BCUT2D eigenvalue weighted by atomic mass is 10.3. The first-order chi connectivity index (χ1) is 14.2. The Hall–Kier alpha value is -2.75. The molecule has 0 fully saturated rings. The van der Waals surface area contributed by atoms with Gasteiger partial charge in [0.05, 0.1) is 17.2 Å². The molecule has 0 bridgehead atoms. The van der Waals surface area contributed by atoms with Gasteiger partial charge in [-0.15, -0.1) is 0 Å². The molecule has 1 N–H and O–H groups in total. The highest BCUT2D eigenvalue weighted by molar-refractivity contribution is 6.76. The highest BCUT2D eigenvalue weighted by Gasteiger charge is 2.19. The standard InChI is InChI=1S/C20H22ClN5O3Si/c1-30(2,3)7-6-29-12-25-10-14(20(27)28)18-19(25)22-9-17(24-18)26-11-23-15-8-13(21)4-5-16(15)26/h4-5,8-11H,6-7,12H2,1-3H3,(H,27,28). The molecule has 0 aliphatic heterocycles. The summed E-state index contributed by atoms with van der Waals surface area (Å²) in [5, 5.41) is 10.2. The van der Waals surface area contributed by atoms with E-state index in [0.717, 1.165) is 17.1 Å². The van der Waals surface area contributed by atoms with Crippen molar-refractivity contribution in [3.63, 3.8) is 0 Å². The van der Waals surface area contributed by atoms with Crippen LogP contribution in [0.25, 0.3) is 28.0 Å². The zero-order valence-electron chi connectivity index (χ0n) is 17.0. The second kappa shape index (κ2) is 7.82. The number of carbonyl (C=O) groups is 1. The fourth-order valence-electron chi connectivity index (χ4n) is 3.12. The van der Waals surface area contributed by atoms with Crippen molar-refractivity contribution in [2.45, 2.75) is 32.4 Å². The highest BCUT2D eigenvalue weighted by Crippen LogP contribution is 2.23. The lowest BCUT2D eigenvalue weighted by Gasteiger charge is -2.15.